The lowest BCUT2D eigenvalue weighted by Gasteiger charge is -2.17. The molecule has 1 aromatic heterocycles. The van der Waals surface area contributed by atoms with Gasteiger partial charge < -0.3 is 18.9 Å². The van der Waals surface area contributed by atoms with Crippen molar-refractivity contribution in [3.63, 3.8) is 0 Å². The molecule has 6 nitrogen and oxygen atoms in total. The third-order valence-electron chi connectivity index (χ3n) is 5.96. The number of carbonyl (C=O) groups excluding carboxylic acids is 1. The van der Waals surface area contributed by atoms with Gasteiger partial charge in [-0.15, -0.1) is 0 Å². The van der Waals surface area contributed by atoms with Crippen molar-refractivity contribution < 1.29 is 18.7 Å². The molecule has 3 aromatic carbocycles. The Hall–Kier alpha value is -3.87. The molecule has 5 rings (SSSR count). The number of anilines is 1. The highest BCUT2D eigenvalue weighted by atomic mass is 19.1. The first-order valence-electron chi connectivity index (χ1n) is 10.9. The normalized spacial score (nSPS) is 15.9. The van der Waals surface area contributed by atoms with E-state index in [4.69, 9.17) is 14.5 Å². The Kier molecular flexibility index (Phi) is 5.69. The van der Waals surface area contributed by atoms with Crippen LogP contribution in [0.25, 0.3) is 11.0 Å². The highest BCUT2D eigenvalue weighted by Gasteiger charge is 2.34. The smallest absolute Gasteiger partial charge is 0.227 e. The largest absolute Gasteiger partial charge is 0.497 e. The van der Waals surface area contributed by atoms with Crippen LogP contribution in [0.15, 0.2) is 72.8 Å². The molecule has 1 saturated heterocycles. The summed E-state index contributed by atoms with van der Waals surface area (Å²) in [6.07, 6.45) is 0.361. The van der Waals surface area contributed by atoms with E-state index in [-0.39, 0.29) is 17.6 Å². The fraction of sp³-hybridized carbons (Fsp3) is 0.231. The number of halogens is 1. The van der Waals surface area contributed by atoms with Crippen molar-refractivity contribution in [2.75, 3.05) is 25.2 Å². The summed E-state index contributed by atoms with van der Waals surface area (Å²) < 4.78 is 26.6. The summed E-state index contributed by atoms with van der Waals surface area (Å²) in [6, 6.07) is 21.5. The Morgan fingerprint density at radius 1 is 1.00 bits per heavy atom. The van der Waals surface area contributed by atoms with E-state index in [0.29, 0.717) is 31.8 Å². The number of fused-ring (bicyclic) bond motifs is 1. The molecule has 1 atom stereocenters. The first-order valence-corrected chi connectivity index (χ1v) is 10.9. The van der Waals surface area contributed by atoms with Crippen LogP contribution in [0.4, 0.5) is 10.1 Å². The summed E-state index contributed by atoms with van der Waals surface area (Å²) in [4.78, 5) is 19.4. The van der Waals surface area contributed by atoms with Crippen LogP contribution in [0.5, 0.6) is 11.5 Å². The van der Waals surface area contributed by atoms with Crippen molar-refractivity contribution in [2.24, 2.45) is 0 Å². The third kappa shape index (κ3) is 4.26. The molecule has 168 valence electrons. The van der Waals surface area contributed by atoms with Crippen LogP contribution in [-0.4, -0.2) is 35.7 Å². The number of rotatable bonds is 7. The monoisotopic (exact) mass is 445 g/mol. The summed E-state index contributed by atoms with van der Waals surface area (Å²) >= 11 is 0. The van der Waals surface area contributed by atoms with Crippen molar-refractivity contribution in [1.82, 2.24) is 9.55 Å². The van der Waals surface area contributed by atoms with Gasteiger partial charge in [0.1, 0.15) is 29.7 Å². The molecule has 7 heteroatoms. The average molecular weight is 445 g/mol. The summed E-state index contributed by atoms with van der Waals surface area (Å²) in [5, 5.41) is 0. The standard InChI is InChI=1S/C26H24FN3O3/c1-32-21-10-12-22(13-11-21)33-15-14-29-24-5-3-2-4-23(24)28-26(29)18-16-25(31)30(17-18)20-8-6-19(27)7-9-20/h2-13,18H,14-17H2,1H3/t18-/m0/s1. The number of nitrogens with zero attached hydrogens (tertiary/aromatic N) is 3. The molecule has 0 aliphatic carbocycles. The van der Waals surface area contributed by atoms with Gasteiger partial charge in [-0.3, -0.25) is 4.79 Å². The predicted molar refractivity (Wildman–Crippen MR) is 124 cm³/mol. The van der Waals surface area contributed by atoms with Crippen LogP contribution < -0.4 is 14.4 Å². The number of ether oxygens (including phenoxy) is 2. The summed E-state index contributed by atoms with van der Waals surface area (Å²) in [5.41, 5.74) is 2.61. The maximum Gasteiger partial charge on any atom is 0.227 e. The molecule has 1 aliphatic rings. The minimum absolute atomic E-state index is 0.0136. The number of hydrogen-bond acceptors (Lipinski definition) is 4. The van der Waals surface area contributed by atoms with Crippen LogP contribution in [0, 0.1) is 5.82 Å². The van der Waals surface area contributed by atoms with Crippen molar-refractivity contribution >= 4 is 22.6 Å². The topological polar surface area (TPSA) is 56.6 Å². The predicted octanol–water partition coefficient (Wildman–Crippen LogP) is 4.78. The lowest BCUT2D eigenvalue weighted by atomic mass is 10.1. The van der Waals surface area contributed by atoms with Crippen molar-refractivity contribution in [3.8, 4) is 11.5 Å². The molecule has 1 amide bonds. The van der Waals surface area contributed by atoms with Crippen LogP contribution >= 0.6 is 0 Å². The minimum Gasteiger partial charge on any atom is -0.497 e. The number of imidazole rings is 1. The van der Waals surface area contributed by atoms with E-state index in [0.717, 1.165) is 28.4 Å². The molecule has 0 spiro atoms. The SMILES string of the molecule is COc1ccc(OCCn2c([C@H]3CC(=O)N(c4ccc(F)cc4)C3)nc3ccccc32)cc1. The van der Waals surface area contributed by atoms with Gasteiger partial charge in [-0.2, -0.15) is 0 Å². The second kappa shape index (κ2) is 8.94. The zero-order valence-electron chi connectivity index (χ0n) is 18.3. The van der Waals surface area contributed by atoms with Gasteiger partial charge in [0.2, 0.25) is 5.91 Å². The minimum atomic E-state index is -0.319. The Morgan fingerprint density at radius 2 is 1.73 bits per heavy atom. The summed E-state index contributed by atoms with van der Waals surface area (Å²) in [7, 11) is 1.63. The van der Waals surface area contributed by atoms with Gasteiger partial charge in [0.15, 0.2) is 0 Å². The molecule has 0 bridgehead atoms. The molecule has 2 heterocycles. The molecule has 1 aliphatic heterocycles. The molecule has 0 saturated carbocycles. The van der Waals surface area contributed by atoms with E-state index in [9.17, 15) is 9.18 Å². The zero-order valence-corrected chi connectivity index (χ0v) is 18.3. The summed E-state index contributed by atoms with van der Waals surface area (Å²) in [6.45, 7) is 1.57. The molecule has 4 aromatic rings. The lowest BCUT2D eigenvalue weighted by molar-refractivity contribution is -0.117. The Morgan fingerprint density at radius 3 is 2.48 bits per heavy atom. The molecule has 33 heavy (non-hydrogen) atoms. The Bertz CT molecular complexity index is 1270. The van der Waals surface area contributed by atoms with E-state index >= 15 is 0 Å². The molecule has 0 unspecified atom stereocenters. The molecule has 1 fully saturated rings. The first-order chi connectivity index (χ1) is 16.1. The molecular weight excluding hydrogens is 421 g/mol. The van der Waals surface area contributed by atoms with E-state index in [1.807, 2.05) is 48.5 Å². The van der Waals surface area contributed by atoms with Gasteiger partial charge >= 0.3 is 0 Å². The second-order valence-electron chi connectivity index (χ2n) is 8.02. The van der Waals surface area contributed by atoms with E-state index < -0.39 is 0 Å². The van der Waals surface area contributed by atoms with E-state index in [1.165, 1.54) is 12.1 Å². The van der Waals surface area contributed by atoms with Crippen molar-refractivity contribution in [3.05, 3.63) is 84.4 Å². The van der Waals surface area contributed by atoms with Crippen molar-refractivity contribution in [1.29, 1.82) is 0 Å². The fourth-order valence-electron chi connectivity index (χ4n) is 4.32. The Balaban J connectivity index is 1.37. The number of benzene rings is 3. The van der Waals surface area contributed by atoms with E-state index in [1.54, 1.807) is 24.1 Å². The third-order valence-corrected chi connectivity index (χ3v) is 5.96. The van der Waals surface area contributed by atoms with Gasteiger partial charge in [-0.25, -0.2) is 9.37 Å². The van der Waals surface area contributed by atoms with Gasteiger partial charge in [-0.05, 0) is 60.7 Å². The highest BCUT2D eigenvalue weighted by molar-refractivity contribution is 5.96. The quantitative estimate of drug-likeness (QED) is 0.411. The fourth-order valence-corrected chi connectivity index (χ4v) is 4.32. The number of para-hydroxylation sites is 2. The molecule has 0 radical (unpaired) electrons. The maximum absolute atomic E-state index is 13.3. The van der Waals surface area contributed by atoms with Gasteiger partial charge in [0, 0.05) is 24.6 Å². The number of methoxy groups -OCH3 is 1. The number of aromatic nitrogens is 2. The highest BCUT2D eigenvalue weighted by Crippen LogP contribution is 2.33. The van der Waals surface area contributed by atoms with Crippen LogP contribution in [-0.2, 0) is 11.3 Å². The van der Waals surface area contributed by atoms with Crippen molar-refractivity contribution in [2.45, 2.75) is 18.9 Å². The van der Waals surface area contributed by atoms with Crippen LogP contribution in [0.2, 0.25) is 0 Å². The zero-order chi connectivity index (χ0) is 22.8. The van der Waals surface area contributed by atoms with Crippen LogP contribution in [0.1, 0.15) is 18.2 Å². The molecular formula is C26H24FN3O3. The van der Waals surface area contributed by atoms with Gasteiger partial charge in [0.05, 0.1) is 24.7 Å². The maximum atomic E-state index is 13.3. The second-order valence-corrected chi connectivity index (χ2v) is 8.02. The summed E-state index contributed by atoms with van der Waals surface area (Å²) in [5.74, 6) is 2.05. The van der Waals surface area contributed by atoms with Crippen LogP contribution in [0.3, 0.4) is 0 Å². The van der Waals surface area contributed by atoms with Gasteiger partial charge in [0.25, 0.3) is 0 Å². The number of carbonyl (C=O) groups is 1. The average Bonchev–Trinajstić information content (AvgIpc) is 3.41. The van der Waals surface area contributed by atoms with E-state index in [2.05, 4.69) is 4.57 Å². The number of hydrogen-bond donors (Lipinski definition) is 0. The molecule has 0 N–H and O–H groups in total. The lowest BCUT2D eigenvalue weighted by Crippen LogP contribution is -2.24. The number of amides is 1. The Labute approximate surface area is 191 Å². The van der Waals surface area contributed by atoms with Gasteiger partial charge in [-0.1, -0.05) is 12.1 Å². The first kappa shape index (κ1) is 21.0.